The van der Waals surface area contributed by atoms with Crippen LogP contribution in [0.25, 0.3) is 5.82 Å². The lowest BCUT2D eigenvalue weighted by atomic mass is 10.3. The molecule has 2 aromatic heterocycles. The summed E-state index contributed by atoms with van der Waals surface area (Å²) in [5, 5.41) is 3.10. The van der Waals surface area contributed by atoms with Crippen LogP contribution in [0.2, 0.25) is 0 Å². The first kappa shape index (κ1) is 20.8. The van der Waals surface area contributed by atoms with Crippen LogP contribution in [0, 0.1) is 0 Å². The van der Waals surface area contributed by atoms with E-state index < -0.39 is 10.0 Å². The Labute approximate surface area is 171 Å². The topological polar surface area (TPSA) is 98.1 Å². The molecule has 0 bridgehead atoms. The molecule has 0 saturated heterocycles. The molecule has 0 spiro atoms. The normalized spacial score (nSPS) is 11.3. The number of anilines is 1. The number of unbranched alkanes of at least 4 members (excludes halogenated alkanes) is 1. The third-order valence-corrected chi connectivity index (χ3v) is 5.62. The van der Waals surface area contributed by atoms with Crippen molar-refractivity contribution < 1.29 is 13.2 Å². The third-order valence-electron chi connectivity index (χ3n) is 4.15. The maximum atomic E-state index is 12.4. The van der Waals surface area contributed by atoms with Crippen molar-refractivity contribution in [3.63, 3.8) is 0 Å². The Kier molecular flexibility index (Phi) is 7.20. The van der Waals surface area contributed by atoms with Gasteiger partial charge in [0.25, 0.3) is 0 Å². The van der Waals surface area contributed by atoms with E-state index in [-0.39, 0.29) is 11.4 Å². The Bertz CT molecular complexity index is 989. The molecular formula is C20H25N5O3S. The zero-order chi connectivity index (χ0) is 20.5. The Hall–Kier alpha value is -2.91. The molecule has 8 nitrogen and oxygen atoms in total. The van der Waals surface area contributed by atoms with Gasteiger partial charge in [0.1, 0.15) is 23.7 Å². The molecular weight excluding hydrogens is 390 g/mol. The van der Waals surface area contributed by atoms with Crippen molar-refractivity contribution >= 4 is 15.8 Å². The van der Waals surface area contributed by atoms with Gasteiger partial charge in [0.2, 0.25) is 10.0 Å². The minimum Gasteiger partial charge on any atom is -0.494 e. The molecule has 0 aliphatic carbocycles. The number of benzene rings is 1. The summed E-state index contributed by atoms with van der Waals surface area (Å²) in [6, 6.07) is 12.1. The van der Waals surface area contributed by atoms with Crippen LogP contribution >= 0.6 is 0 Å². The van der Waals surface area contributed by atoms with Crippen LogP contribution in [-0.2, 0) is 10.0 Å². The fourth-order valence-corrected chi connectivity index (χ4v) is 3.61. The highest BCUT2D eigenvalue weighted by molar-refractivity contribution is 7.89. The number of hydrogen-bond acceptors (Lipinski definition) is 6. The maximum Gasteiger partial charge on any atom is 0.240 e. The lowest BCUT2D eigenvalue weighted by Gasteiger charge is -2.10. The van der Waals surface area contributed by atoms with Gasteiger partial charge in [0.15, 0.2) is 0 Å². The molecule has 0 fully saturated rings. The standard InChI is InChI=1S/C20H25N5O3S/c1-2-3-14-28-17-6-8-18(9-7-17)29(26,27)24-11-10-21-19-15-20(23-16-22-19)25-12-4-5-13-25/h4-9,12-13,15-16,24H,2-3,10-11,14H2,1H3,(H,21,22,23). The van der Waals surface area contributed by atoms with E-state index in [1.54, 1.807) is 30.3 Å². The van der Waals surface area contributed by atoms with Crippen molar-refractivity contribution in [3.8, 4) is 11.6 Å². The molecule has 3 rings (SSSR count). The maximum absolute atomic E-state index is 12.4. The summed E-state index contributed by atoms with van der Waals surface area (Å²) < 4.78 is 34.8. The van der Waals surface area contributed by atoms with Gasteiger partial charge in [0.05, 0.1) is 11.5 Å². The fourth-order valence-electron chi connectivity index (χ4n) is 2.58. The summed E-state index contributed by atoms with van der Waals surface area (Å²) in [7, 11) is -3.58. The Morgan fingerprint density at radius 2 is 1.83 bits per heavy atom. The highest BCUT2D eigenvalue weighted by atomic mass is 32.2. The van der Waals surface area contributed by atoms with Gasteiger partial charge in [-0.25, -0.2) is 23.1 Å². The second-order valence-corrected chi connectivity index (χ2v) is 8.12. The van der Waals surface area contributed by atoms with Crippen molar-refractivity contribution in [2.45, 2.75) is 24.7 Å². The average molecular weight is 416 g/mol. The van der Waals surface area contributed by atoms with E-state index in [1.165, 1.54) is 6.33 Å². The predicted molar refractivity (Wildman–Crippen MR) is 112 cm³/mol. The lowest BCUT2D eigenvalue weighted by molar-refractivity contribution is 0.309. The number of ether oxygens (including phenoxy) is 1. The van der Waals surface area contributed by atoms with Crippen LogP contribution in [0.5, 0.6) is 5.75 Å². The summed E-state index contributed by atoms with van der Waals surface area (Å²) in [5.41, 5.74) is 0. The molecule has 2 N–H and O–H groups in total. The van der Waals surface area contributed by atoms with Gasteiger partial charge in [-0.2, -0.15) is 0 Å². The van der Waals surface area contributed by atoms with Crippen LogP contribution in [0.4, 0.5) is 5.82 Å². The first-order chi connectivity index (χ1) is 14.1. The lowest BCUT2D eigenvalue weighted by Crippen LogP contribution is -2.29. The van der Waals surface area contributed by atoms with Crippen molar-refractivity contribution in [1.82, 2.24) is 19.3 Å². The fraction of sp³-hybridized carbons (Fsp3) is 0.300. The highest BCUT2D eigenvalue weighted by Gasteiger charge is 2.13. The third kappa shape index (κ3) is 6.03. The molecule has 154 valence electrons. The van der Waals surface area contributed by atoms with E-state index in [1.807, 2.05) is 29.1 Å². The molecule has 3 aromatic rings. The van der Waals surface area contributed by atoms with Gasteiger partial charge in [-0.15, -0.1) is 0 Å². The van der Waals surface area contributed by atoms with Crippen LogP contribution in [-0.4, -0.2) is 42.6 Å². The summed E-state index contributed by atoms with van der Waals surface area (Å²) in [5.74, 6) is 2.02. The van der Waals surface area contributed by atoms with E-state index in [0.717, 1.165) is 18.7 Å². The molecule has 1 aromatic carbocycles. The highest BCUT2D eigenvalue weighted by Crippen LogP contribution is 2.16. The predicted octanol–water partition coefficient (Wildman–Crippen LogP) is 2.84. The summed E-state index contributed by atoms with van der Waals surface area (Å²) in [6.45, 7) is 3.33. The van der Waals surface area contributed by atoms with E-state index >= 15 is 0 Å². The minimum absolute atomic E-state index is 0.206. The van der Waals surface area contributed by atoms with Crippen molar-refractivity contribution in [3.05, 3.63) is 61.2 Å². The number of nitrogens with one attached hydrogen (secondary N) is 2. The summed E-state index contributed by atoms with van der Waals surface area (Å²) in [4.78, 5) is 8.57. The second kappa shape index (κ2) is 10.0. The van der Waals surface area contributed by atoms with Crippen LogP contribution < -0.4 is 14.8 Å². The summed E-state index contributed by atoms with van der Waals surface area (Å²) in [6.07, 6.45) is 7.26. The molecule has 0 unspecified atom stereocenters. The Morgan fingerprint density at radius 1 is 1.07 bits per heavy atom. The molecule has 2 heterocycles. The van der Waals surface area contributed by atoms with Gasteiger partial charge in [0, 0.05) is 31.5 Å². The van der Waals surface area contributed by atoms with Gasteiger partial charge < -0.3 is 14.6 Å². The number of hydrogen-bond donors (Lipinski definition) is 2. The Balaban J connectivity index is 1.49. The molecule has 0 amide bonds. The largest absolute Gasteiger partial charge is 0.494 e. The van der Waals surface area contributed by atoms with Crippen LogP contribution in [0.3, 0.4) is 0 Å². The first-order valence-electron chi connectivity index (χ1n) is 9.50. The Morgan fingerprint density at radius 3 is 2.55 bits per heavy atom. The molecule has 0 aliphatic rings. The van der Waals surface area contributed by atoms with Gasteiger partial charge >= 0.3 is 0 Å². The molecule has 29 heavy (non-hydrogen) atoms. The SMILES string of the molecule is CCCCOc1ccc(S(=O)(=O)NCCNc2cc(-n3cccc3)ncn2)cc1. The molecule has 0 radical (unpaired) electrons. The van der Waals surface area contributed by atoms with Gasteiger partial charge in [-0.1, -0.05) is 13.3 Å². The van der Waals surface area contributed by atoms with E-state index in [4.69, 9.17) is 4.74 Å². The smallest absolute Gasteiger partial charge is 0.240 e. The average Bonchev–Trinajstić information content (AvgIpc) is 3.27. The molecule has 0 saturated carbocycles. The molecule has 0 aliphatic heterocycles. The zero-order valence-corrected chi connectivity index (χ0v) is 17.1. The first-order valence-corrected chi connectivity index (χ1v) is 11.0. The monoisotopic (exact) mass is 415 g/mol. The zero-order valence-electron chi connectivity index (χ0n) is 16.3. The quantitative estimate of drug-likeness (QED) is 0.467. The van der Waals surface area contributed by atoms with Crippen molar-refractivity contribution in [1.29, 1.82) is 0 Å². The minimum atomic E-state index is -3.58. The number of nitrogens with zero attached hydrogens (tertiary/aromatic N) is 3. The molecule has 9 heteroatoms. The van der Waals surface area contributed by atoms with Crippen molar-refractivity contribution in [2.75, 3.05) is 25.0 Å². The van der Waals surface area contributed by atoms with Crippen LogP contribution in [0.1, 0.15) is 19.8 Å². The number of sulfonamides is 1. The summed E-state index contributed by atoms with van der Waals surface area (Å²) >= 11 is 0. The van der Waals surface area contributed by atoms with E-state index in [0.29, 0.717) is 24.7 Å². The van der Waals surface area contributed by atoms with Crippen LogP contribution in [0.15, 0.2) is 66.1 Å². The van der Waals surface area contributed by atoms with Gasteiger partial charge in [-0.3, -0.25) is 0 Å². The van der Waals surface area contributed by atoms with E-state index in [2.05, 4.69) is 26.9 Å². The van der Waals surface area contributed by atoms with Crippen molar-refractivity contribution in [2.24, 2.45) is 0 Å². The van der Waals surface area contributed by atoms with Gasteiger partial charge in [-0.05, 0) is 42.8 Å². The molecule has 0 atom stereocenters. The number of aromatic nitrogens is 3. The van der Waals surface area contributed by atoms with E-state index in [9.17, 15) is 8.42 Å². The second-order valence-electron chi connectivity index (χ2n) is 6.35. The number of rotatable bonds is 11.